The molecule has 0 heterocycles. The first-order valence-corrected chi connectivity index (χ1v) is 12.6. The molecule has 2 amide bonds. The standard InChI is InChI=1S/C27H37BrN2O3/c1-6-8-15-29-27(32)24(7-2)30(17-22-12-10-9-11-20(22)5)26(31)18-33-25-14-13-21(19(3)4)16-23(25)28/h9-14,16,19,24H,6-8,15,17-18H2,1-5H3,(H,29,32)/t24-/m1/s1. The molecular formula is C27H37BrN2O3. The van der Waals surface area contributed by atoms with Gasteiger partial charge in [0.2, 0.25) is 5.91 Å². The maximum absolute atomic E-state index is 13.4. The lowest BCUT2D eigenvalue weighted by Crippen LogP contribution is -2.50. The van der Waals surface area contributed by atoms with E-state index in [0.717, 1.165) is 28.4 Å². The molecule has 0 aliphatic heterocycles. The van der Waals surface area contributed by atoms with Gasteiger partial charge in [-0.2, -0.15) is 0 Å². The molecule has 6 heteroatoms. The molecule has 2 aromatic rings. The van der Waals surface area contributed by atoms with E-state index in [1.807, 2.05) is 56.3 Å². The van der Waals surface area contributed by atoms with E-state index in [4.69, 9.17) is 4.74 Å². The Balaban J connectivity index is 2.21. The van der Waals surface area contributed by atoms with E-state index >= 15 is 0 Å². The number of hydrogen-bond donors (Lipinski definition) is 1. The number of ether oxygens (including phenoxy) is 1. The van der Waals surface area contributed by atoms with Crippen molar-refractivity contribution in [3.63, 3.8) is 0 Å². The summed E-state index contributed by atoms with van der Waals surface area (Å²) in [5.41, 5.74) is 3.30. The number of rotatable bonds is 12. The lowest BCUT2D eigenvalue weighted by molar-refractivity contribution is -0.143. The maximum Gasteiger partial charge on any atom is 0.261 e. The highest BCUT2D eigenvalue weighted by Gasteiger charge is 2.29. The van der Waals surface area contributed by atoms with Gasteiger partial charge in [-0.1, -0.05) is 64.4 Å². The van der Waals surface area contributed by atoms with Crippen LogP contribution >= 0.6 is 15.9 Å². The minimum Gasteiger partial charge on any atom is -0.483 e. The Morgan fingerprint density at radius 1 is 1.12 bits per heavy atom. The number of nitrogens with zero attached hydrogens (tertiary/aromatic N) is 1. The number of halogens is 1. The van der Waals surface area contributed by atoms with Gasteiger partial charge in [-0.15, -0.1) is 0 Å². The molecule has 0 saturated heterocycles. The summed E-state index contributed by atoms with van der Waals surface area (Å²) in [4.78, 5) is 28.0. The summed E-state index contributed by atoms with van der Waals surface area (Å²) >= 11 is 3.55. The van der Waals surface area contributed by atoms with Crippen LogP contribution < -0.4 is 10.1 Å². The van der Waals surface area contributed by atoms with Crippen LogP contribution in [0.5, 0.6) is 5.75 Å². The van der Waals surface area contributed by atoms with E-state index < -0.39 is 6.04 Å². The highest BCUT2D eigenvalue weighted by molar-refractivity contribution is 9.10. The van der Waals surface area contributed by atoms with Crippen LogP contribution in [-0.2, 0) is 16.1 Å². The van der Waals surface area contributed by atoms with E-state index in [2.05, 4.69) is 42.0 Å². The van der Waals surface area contributed by atoms with Crippen molar-refractivity contribution in [1.82, 2.24) is 10.2 Å². The van der Waals surface area contributed by atoms with Gasteiger partial charge in [0.25, 0.3) is 5.91 Å². The molecule has 5 nitrogen and oxygen atoms in total. The Hall–Kier alpha value is -2.34. The zero-order valence-electron chi connectivity index (χ0n) is 20.5. The second-order valence-electron chi connectivity index (χ2n) is 8.65. The Kier molecular flexibility index (Phi) is 10.9. The molecule has 0 saturated carbocycles. The smallest absolute Gasteiger partial charge is 0.261 e. The number of unbranched alkanes of at least 4 members (excludes halogenated alkanes) is 1. The summed E-state index contributed by atoms with van der Waals surface area (Å²) < 4.78 is 6.70. The van der Waals surface area contributed by atoms with Crippen molar-refractivity contribution >= 4 is 27.7 Å². The van der Waals surface area contributed by atoms with Gasteiger partial charge >= 0.3 is 0 Å². The zero-order chi connectivity index (χ0) is 24.4. The number of nitrogens with one attached hydrogen (secondary N) is 1. The summed E-state index contributed by atoms with van der Waals surface area (Å²) in [5, 5.41) is 2.99. The number of carbonyl (C=O) groups excluding carboxylic acids is 2. The predicted octanol–water partition coefficient (Wildman–Crippen LogP) is 5.98. The predicted molar refractivity (Wildman–Crippen MR) is 137 cm³/mol. The number of carbonyl (C=O) groups is 2. The normalized spacial score (nSPS) is 11.8. The highest BCUT2D eigenvalue weighted by atomic mass is 79.9. The summed E-state index contributed by atoms with van der Waals surface area (Å²) in [6.07, 6.45) is 2.45. The third-order valence-electron chi connectivity index (χ3n) is 5.79. The van der Waals surface area contributed by atoms with Crippen LogP contribution in [0.4, 0.5) is 0 Å². The van der Waals surface area contributed by atoms with E-state index in [0.29, 0.717) is 31.2 Å². The maximum atomic E-state index is 13.4. The summed E-state index contributed by atoms with van der Waals surface area (Å²) in [6, 6.07) is 13.3. The van der Waals surface area contributed by atoms with Crippen molar-refractivity contribution in [3.8, 4) is 5.75 Å². The zero-order valence-corrected chi connectivity index (χ0v) is 22.1. The third kappa shape index (κ3) is 7.88. The molecule has 0 aromatic heterocycles. The highest BCUT2D eigenvalue weighted by Crippen LogP contribution is 2.29. The number of aryl methyl sites for hydroxylation is 1. The van der Waals surface area contributed by atoms with Crippen molar-refractivity contribution in [1.29, 1.82) is 0 Å². The molecule has 2 aromatic carbocycles. The van der Waals surface area contributed by atoms with Crippen molar-refractivity contribution in [3.05, 3.63) is 63.6 Å². The second kappa shape index (κ2) is 13.4. The number of amides is 2. The van der Waals surface area contributed by atoms with Gasteiger partial charge in [0.1, 0.15) is 11.8 Å². The number of benzene rings is 2. The summed E-state index contributed by atoms with van der Waals surface area (Å²) in [7, 11) is 0. The van der Waals surface area contributed by atoms with Gasteiger partial charge in [-0.25, -0.2) is 0 Å². The fourth-order valence-corrected chi connectivity index (χ4v) is 4.12. The largest absolute Gasteiger partial charge is 0.483 e. The lowest BCUT2D eigenvalue weighted by atomic mass is 10.0. The van der Waals surface area contributed by atoms with Crippen LogP contribution in [0.2, 0.25) is 0 Å². The Bertz CT molecular complexity index is 929. The topological polar surface area (TPSA) is 58.6 Å². The first-order chi connectivity index (χ1) is 15.8. The van der Waals surface area contributed by atoms with Crippen LogP contribution in [0.25, 0.3) is 0 Å². The van der Waals surface area contributed by atoms with Gasteiger partial charge in [0, 0.05) is 13.1 Å². The van der Waals surface area contributed by atoms with E-state index in [1.165, 1.54) is 5.56 Å². The Labute approximate surface area is 207 Å². The first-order valence-electron chi connectivity index (χ1n) is 11.8. The average Bonchev–Trinajstić information content (AvgIpc) is 2.79. The van der Waals surface area contributed by atoms with E-state index in [1.54, 1.807) is 4.90 Å². The minimum absolute atomic E-state index is 0.115. The van der Waals surface area contributed by atoms with E-state index in [-0.39, 0.29) is 18.4 Å². The third-order valence-corrected chi connectivity index (χ3v) is 6.41. The fraction of sp³-hybridized carbons (Fsp3) is 0.481. The molecular weight excluding hydrogens is 480 g/mol. The second-order valence-corrected chi connectivity index (χ2v) is 9.50. The van der Waals surface area contributed by atoms with Crippen LogP contribution in [-0.4, -0.2) is 35.9 Å². The molecule has 1 N–H and O–H groups in total. The quantitative estimate of drug-likeness (QED) is 0.352. The molecule has 0 unspecified atom stereocenters. The van der Waals surface area contributed by atoms with Gasteiger partial charge in [0.15, 0.2) is 6.61 Å². The van der Waals surface area contributed by atoms with Crippen molar-refractivity contribution < 1.29 is 14.3 Å². The molecule has 0 aliphatic rings. The van der Waals surface area contributed by atoms with Crippen LogP contribution in [0.3, 0.4) is 0 Å². The molecule has 0 radical (unpaired) electrons. The number of hydrogen-bond acceptors (Lipinski definition) is 3. The van der Waals surface area contributed by atoms with Gasteiger partial charge in [0.05, 0.1) is 4.47 Å². The summed E-state index contributed by atoms with van der Waals surface area (Å²) in [5.74, 6) is 0.688. The van der Waals surface area contributed by atoms with E-state index in [9.17, 15) is 9.59 Å². The summed E-state index contributed by atoms with van der Waals surface area (Å²) in [6.45, 7) is 11.1. The molecule has 0 spiro atoms. The molecule has 180 valence electrons. The minimum atomic E-state index is -0.552. The molecule has 1 atom stereocenters. The SMILES string of the molecule is CCCCNC(=O)[C@@H](CC)N(Cc1ccccc1C)C(=O)COc1ccc(C(C)C)cc1Br. The Morgan fingerprint density at radius 3 is 2.45 bits per heavy atom. The molecule has 0 bridgehead atoms. The lowest BCUT2D eigenvalue weighted by Gasteiger charge is -2.31. The van der Waals surface area contributed by atoms with Crippen LogP contribution in [0.1, 0.15) is 69.6 Å². The van der Waals surface area contributed by atoms with Gasteiger partial charge in [-0.05, 0) is 70.4 Å². The average molecular weight is 518 g/mol. The van der Waals surface area contributed by atoms with Gasteiger partial charge in [-0.3, -0.25) is 9.59 Å². The van der Waals surface area contributed by atoms with Crippen LogP contribution in [0.15, 0.2) is 46.9 Å². The van der Waals surface area contributed by atoms with Crippen molar-refractivity contribution in [2.24, 2.45) is 0 Å². The molecule has 0 aliphatic carbocycles. The van der Waals surface area contributed by atoms with Crippen LogP contribution in [0, 0.1) is 6.92 Å². The molecule has 33 heavy (non-hydrogen) atoms. The molecule has 0 fully saturated rings. The van der Waals surface area contributed by atoms with Gasteiger partial charge < -0.3 is 15.0 Å². The van der Waals surface area contributed by atoms with Crippen molar-refractivity contribution in [2.45, 2.75) is 72.4 Å². The Morgan fingerprint density at radius 2 is 1.85 bits per heavy atom. The van der Waals surface area contributed by atoms with Crippen molar-refractivity contribution in [2.75, 3.05) is 13.2 Å². The molecule has 2 rings (SSSR count). The fourth-order valence-electron chi connectivity index (χ4n) is 3.61. The monoisotopic (exact) mass is 516 g/mol. The first kappa shape index (κ1) is 26.9.